The van der Waals surface area contributed by atoms with Crippen LogP contribution in [0.5, 0.6) is 0 Å². The van der Waals surface area contributed by atoms with Gasteiger partial charge in [0.25, 0.3) is 0 Å². The maximum atomic E-state index is 12.3. The van der Waals surface area contributed by atoms with Gasteiger partial charge < -0.3 is 14.8 Å². The molecule has 146 valence electrons. The van der Waals surface area contributed by atoms with Crippen LogP contribution in [0, 0.1) is 0 Å². The fourth-order valence-electron chi connectivity index (χ4n) is 3.06. The molecule has 0 radical (unpaired) electrons. The van der Waals surface area contributed by atoms with Crippen LogP contribution in [0.25, 0.3) is 0 Å². The highest BCUT2D eigenvalue weighted by Crippen LogP contribution is 2.15. The third-order valence-electron chi connectivity index (χ3n) is 4.43. The van der Waals surface area contributed by atoms with Crippen molar-refractivity contribution in [2.75, 3.05) is 18.5 Å². The van der Waals surface area contributed by atoms with Crippen molar-refractivity contribution in [3.63, 3.8) is 0 Å². The first kappa shape index (κ1) is 19.4. The first-order valence-electron chi connectivity index (χ1n) is 9.46. The van der Waals surface area contributed by atoms with E-state index in [0.29, 0.717) is 19.0 Å². The quantitative estimate of drug-likeness (QED) is 0.764. The number of carbonyl (C=O) groups excluding carboxylic acids is 1. The molecule has 8 nitrogen and oxygen atoms in total. The molecule has 1 amide bonds. The first-order chi connectivity index (χ1) is 13.1. The SMILES string of the molecule is CC(C)c1nnnn1CC(=O)Nc1cccc(COCC2CCCCO2)c1. The second kappa shape index (κ2) is 9.57. The minimum atomic E-state index is -0.169. The van der Waals surface area contributed by atoms with Gasteiger partial charge in [-0.05, 0) is 47.4 Å². The number of ether oxygens (including phenoxy) is 2. The summed E-state index contributed by atoms with van der Waals surface area (Å²) in [4.78, 5) is 12.3. The predicted octanol–water partition coefficient (Wildman–Crippen LogP) is 2.52. The second-order valence-electron chi connectivity index (χ2n) is 7.10. The molecule has 1 fully saturated rings. The molecule has 3 rings (SSSR count). The van der Waals surface area contributed by atoms with Crippen molar-refractivity contribution in [3.05, 3.63) is 35.7 Å². The smallest absolute Gasteiger partial charge is 0.246 e. The molecule has 1 aromatic heterocycles. The Labute approximate surface area is 159 Å². The van der Waals surface area contributed by atoms with E-state index in [0.717, 1.165) is 30.7 Å². The summed E-state index contributed by atoms with van der Waals surface area (Å²) in [6.07, 6.45) is 3.61. The van der Waals surface area contributed by atoms with E-state index in [2.05, 4.69) is 20.8 Å². The van der Waals surface area contributed by atoms with Gasteiger partial charge in [-0.25, -0.2) is 4.68 Å². The highest BCUT2D eigenvalue weighted by atomic mass is 16.5. The molecule has 1 saturated heterocycles. The number of aromatic nitrogens is 4. The van der Waals surface area contributed by atoms with E-state index in [9.17, 15) is 4.79 Å². The number of amides is 1. The lowest BCUT2D eigenvalue weighted by molar-refractivity contribution is -0.117. The van der Waals surface area contributed by atoms with Gasteiger partial charge in [0.1, 0.15) is 6.54 Å². The monoisotopic (exact) mass is 373 g/mol. The molecule has 1 aliphatic rings. The Morgan fingerprint density at radius 1 is 1.41 bits per heavy atom. The number of anilines is 1. The van der Waals surface area contributed by atoms with E-state index in [-0.39, 0.29) is 24.5 Å². The minimum absolute atomic E-state index is 0.0836. The van der Waals surface area contributed by atoms with Gasteiger partial charge >= 0.3 is 0 Å². The van der Waals surface area contributed by atoms with E-state index in [1.807, 2.05) is 38.1 Å². The minimum Gasteiger partial charge on any atom is -0.376 e. The van der Waals surface area contributed by atoms with Crippen molar-refractivity contribution in [1.29, 1.82) is 0 Å². The van der Waals surface area contributed by atoms with E-state index >= 15 is 0 Å². The Hall–Kier alpha value is -2.32. The number of hydrogen-bond acceptors (Lipinski definition) is 6. The molecule has 0 bridgehead atoms. The fourth-order valence-corrected chi connectivity index (χ4v) is 3.06. The van der Waals surface area contributed by atoms with Crippen LogP contribution >= 0.6 is 0 Å². The van der Waals surface area contributed by atoms with Gasteiger partial charge in [0.2, 0.25) is 5.91 Å². The average molecular weight is 373 g/mol. The van der Waals surface area contributed by atoms with Crippen molar-refractivity contribution >= 4 is 11.6 Å². The van der Waals surface area contributed by atoms with Crippen molar-refractivity contribution < 1.29 is 14.3 Å². The van der Waals surface area contributed by atoms with Crippen LogP contribution in [0.15, 0.2) is 24.3 Å². The van der Waals surface area contributed by atoms with Crippen LogP contribution in [0.3, 0.4) is 0 Å². The molecular formula is C19H27N5O3. The second-order valence-corrected chi connectivity index (χ2v) is 7.10. The van der Waals surface area contributed by atoms with E-state index < -0.39 is 0 Å². The summed E-state index contributed by atoms with van der Waals surface area (Å²) in [6.45, 7) is 5.99. The van der Waals surface area contributed by atoms with Gasteiger partial charge in [0.05, 0.1) is 19.3 Å². The summed E-state index contributed by atoms with van der Waals surface area (Å²) < 4.78 is 13.0. The zero-order chi connectivity index (χ0) is 19.1. The van der Waals surface area contributed by atoms with Crippen LogP contribution in [0.2, 0.25) is 0 Å². The maximum absolute atomic E-state index is 12.3. The van der Waals surface area contributed by atoms with Gasteiger partial charge in [-0.3, -0.25) is 4.79 Å². The molecule has 1 aromatic carbocycles. The Morgan fingerprint density at radius 3 is 3.07 bits per heavy atom. The van der Waals surface area contributed by atoms with Crippen LogP contribution in [0.1, 0.15) is 50.4 Å². The summed E-state index contributed by atoms with van der Waals surface area (Å²) in [6, 6.07) is 7.66. The highest BCUT2D eigenvalue weighted by molar-refractivity contribution is 5.90. The molecule has 0 spiro atoms. The number of benzene rings is 1. The molecule has 1 unspecified atom stereocenters. The molecule has 0 saturated carbocycles. The molecule has 1 atom stereocenters. The number of tetrazole rings is 1. The Morgan fingerprint density at radius 2 is 2.30 bits per heavy atom. The summed E-state index contributed by atoms with van der Waals surface area (Å²) in [5.41, 5.74) is 1.74. The maximum Gasteiger partial charge on any atom is 0.246 e. The summed E-state index contributed by atoms with van der Waals surface area (Å²) in [5, 5.41) is 14.4. The lowest BCUT2D eigenvalue weighted by Crippen LogP contribution is -2.24. The standard InChI is InChI=1S/C19H27N5O3/c1-14(2)19-21-22-23-24(19)11-18(25)20-16-7-5-6-15(10-16)12-26-13-17-8-3-4-9-27-17/h5-7,10,14,17H,3-4,8-9,11-13H2,1-2H3,(H,20,25). The summed E-state index contributed by atoms with van der Waals surface area (Å²) in [7, 11) is 0. The number of nitrogens with zero attached hydrogens (tertiary/aromatic N) is 4. The number of hydrogen-bond donors (Lipinski definition) is 1. The van der Waals surface area contributed by atoms with Crippen molar-refractivity contribution in [2.24, 2.45) is 0 Å². The first-order valence-corrected chi connectivity index (χ1v) is 9.46. The van der Waals surface area contributed by atoms with Crippen molar-refractivity contribution in [3.8, 4) is 0 Å². The molecule has 1 aliphatic heterocycles. The van der Waals surface area contributed by atoms with Gasteiger partial charge in [0.15, 0.2) is 5.82 Å². The van der Waals surface area contributed by atoms with Crippen LogP contribution < -0.4 is 5.32 Å². The third kappa shape index (κ3) is 5.83. The predicted molar refractivity (Wildman–Crippen MR) is 100 cm³/mol. The van der Waals surface area contributed by atoms with E-state index in [1.54, 1.807) is 0 Å². The normalized spacial score (nSPS) is 17.2. The van der Waals surface area contributed by atoms with Crippen LogP contribution in [-0.4, -0.2) is 45.4 Å². The molecule has 2 heterocycles. The van der Waals surface area contributed by atoms with Crippen LogP contribution in [0.4, 0.5) is 5.69 Å². The van der Waals surface area contributed by atoms with E-state index in [4.69, 9.17) is 9.47 Å². The van der Waals surface area contributed by atoms with Gasteiger partial charge in [-0.15, -0.1) is 5.10 Å². The molecular weight excluding hydrogens is 346 g/mol. The van der Waals surface area contributed by atoms with Crippen molar-refractivity contribution in [2.45, 2.75) is 58.3 Å². The lowest BCUT2D eigenvalue weighted by atomic mass is 10.1. The molecule has 2 aromatic rings. The molecule has 27 heavy (non-hydrogen) atoms. The van der Waals surface area contributed by atoms with Gasteiger partial charge in [-0.2, -0.15) is 0 Å². The Kier molecular flexibility index (Phi) is 6.89. The largest absolute Gasteiger partial charge is 0.376 e. The number of carbonyl (C=O) groups is 1. The van der Waals surface area contributed by atoms with Crippen LogP contribution in [-0.2, 0) is 27.4 Å². The molecule has 8 heteroatoms. The fraction of sp³-hybridized carbons (Fsp3) is 0.579. The number of rotatable bonds is 8. The summed E-state index contributed by atoms with van der Waals surface area (Å²) >= 11 is 0. The zero-order valence-electron chi connectivity index (χ0n) is 15.9. The average Bonchev–Trinajstić information content (AvgIpc) is 3.11. The molecule has 1 N–H and O–H groups in total. The lowest BCUT2D eigenvalue weighted by Gasteiger charge is -2.22. The Bertz CT molecular complexity index is 740. The van der Waals surface area contributed by atoms with Gasteiger partial charge in [-0.1, -0.05) is 26.0 Å². The zero-order valence-corrected chi connectivity index (χ0v) is 15.9. The molecule has 0 aliphatic carbocycles. The third-order valence-corrected chi connectivity index (χ3v) is 4.43. The van der Waals surface area contributed by atoms with E-state index in [1.165, 1.54) is 11.1 Å². The Balaban J connectivity index is 1.49. The number of nitrogens with one attached hydrogen (secondary N) is 1. The highest BCUT2D eigenvalue weighted by Gasteiger charge is 2.15. The van der Waals surface area contributed by atoms with Crippen molar-refractivity contribution in [1.82, 2.24) is 20.2 Å². The summed E-state index contributed by atoms with van der Waals surface area (Å²) in [5.74, 6) is 0.677. The topological polar surface area (TPSA) is 91.2 Å². The van der Waals surface area contributed by atoms with Gasteiger partial charge in [0, 0.05) is 18.2 Å².